The van der Waals surface area contributed by atoms with Crippen LogP contribution in [0.1, 0.15) is 18.6 Å². The van der Waals surface area contributed by atoms with Crippen molar-refractivity contribution in [3.05, 3.63) is 34.1 Å². The molecule has 0 fully saturated rings. The van der Waals surface area contributed by atoms with E-state index >= 15 is 0 Å². The van der Waals surface area contributed by atoms with Gasteiger partial charge in [0.05, 0.1) is 6.10 Å². The summed E-state index contributed by atoms with van der Waals surface area (Å²) in [5.74, 6) is -0.304. The fourth-order valence-electron chi connectivity index (χ4n) is 0.840. The van der Waals surface area contributed by atoms with Crippen LogP contribution in [-0.2, 0) is 0 Å². The normalized spacial score (nSPS) is 13.1. The van der Waals surface area contributed by atoms with Gasteiger partial charge >= 0.3 is 0 Å². The van der Waals surface area contributed by atoms with Crippen LogP contribution in [0.3, 0.4) is 0 Å². The molecule has 0 radical (unpaired) electrons. The van der Waals surface area contributed by atoms with Gasteiger partial charge in [-0.05, 0) is 24.6 Å². The Morgan fingerprint density at radius 2 is 2.18 bits per heavy atom. The number of aliphatic hydroxyl groups excluding tert-OH is 1. The van der Waals surface area contributed by atoms with Crippen LogP contribution >= 0.6 is 15.9 Å². The highest BCUT2D eigenvalue weighted by atomic mass is 79.9. The molecule has 3 heteroatoms. The summed E-state index contributed by atoms with van der Waals surface area (Å²) >= 11 is 3.15. The first-order chi connectivity index (χ1) is 5.11. The van der Waals surface area contributed by atoms with Crippen molar-refractivity contribution in [2.24, 2.45) is 0 Å². The van der Waals surface area contributed by atoms with Crippen molar-refractivity contribution in [3.63, 3.8) is 0 Å². The number of benzene rings is 1. The van der Waals surface area contributed by atoms with E-state index in [0.29, 0.717) is 10.0 Å². The molecule has 0 saturated heterocycles. The molecule has 0 aliphatic rings. The molecule has 0 saturated carbocycles. The first kappa shape index (κ1) is 8.68. The van der Waals surface area contributed by atoms with Gasteiger partial charge in [0.1, 0.15) is 5.82 Å². The minimum atomic E-state index is -0.565. The zero-order chi connectivity index (χ0) is 8.43. The van der Waals surface area contributed by atoms with Crippen LogP contribution in [0.25, 0.3) is 0 Å². The Balaban J connectivity index is 3.09. The summed E-state index contributed by atoms with van der Waals surface area (Å²) in [7, 11) is 0. The molecular weight excluding hydrogens is 211 g/mol. The van der Waals surface area contributed by atoms with Crippen LogP contribution < -0.4 is 0 Å². The first-order valence-electron chi connectivity index (χ1n) is 3.24. The Morgan fingerprint density at radius 3 is 2.64 bits per heavy atom. The third kappa shape index (κ3) is 2.01. The van der Waals surface area contributed by atoms with Crippen molar-refractivity contribution < 1.29 is 9.50 Å². The smallest absolute Gasteiger partial charge is 0.124 e. The molecule has 1 aromatic rings. The van der Waals surface area contributed by atoms with Crippen molar-refractivity contribution in [1.29, 1.82) is 0 Å². The van der Waals surface area contributed by atoms with Crippen molar-refractivity contribution in [2.45, 2.75) is 13.0 Å². The van der Waals surface area contributed by atoms with Gasteiger partial charge < -0.3 is 5.11 Å². The molecule has 0 aliphatic carbocycles. The molecule has 1 aromatic carbocycles. The molecule has 0 bridgehead atoms. The highest BCUT2D eigenvalue weighted by molar-refractivity contribution is 9.10. The van der Waals surface area contributed by atoms with E-state index in [9.17, 15) is 4.39 Å². The van der Waals surface area contributed by atoms with Crippen LogP contribution in [0.15, 0.2) is 22.7 Å². The molecule has 0 aromatic heterocycles. The van der Waals surface area contributed by atoms with E-state index in [-0.39, 0.29) is 5.82 Å². The summed E-state index contributed by atoms with van der Waals surface area (Å²) in [6.07, 6.45) is -0.565. The molecule has 1 rings (SSSR count). The van der Waals surface area contributed by atoms with E-state index in [1.165, 1.54) is 12.1 Å². The Labute approximate surface area is 73.0 Å². The summed E-state index contributed by atoms with van der Waals surface area (Å²) in [6, 6.07) is 4.22. The summed E-state index contributed by atoms with van der Waals surface area (Å²) in [4.78, 5) is 0. The molecule has 0 unspecified atom stereocenters. The lowest BCUT2D eigenvalue weighted by atomic mass is 10.1. The van der Waals surface area contributed by atoms with Crippen LogP contribution in [0, 0.1) is 5.82 Å². The van der Waals surface area contributed by atoms with Crippen molar-refractivity contribution in [2.75, 3.05) is 0 Å². The maximum atomic E-state index is 12.5. The van der Waals surface area contributed by atoms with Crippen LogP contribution in [0.4, 0.5) is 4.39 Å². The zero-order valence-electron chi connectivity index (χ0n) is 6.01. The van der Waals surface area contributed by atoms with Crippen LogP contribution in [0.2, 0.25) is 0 Å². The van der Waals surface area contributed by atoms with E-state index < -0.39 is 6.10 Å². The third-order valence-electron chi connectivity index (χ3n) is 1.41. The molecule has 1 N–H and O–H groups in total. The summed E-state index contributed by atoms with van der Waals surface area (Å²) in [6.45, 7) is 1.64. The number of hydrogen-bond donors (Lipinski definition) is 1. The Morgan fingerprint density at radius 1 is 1.55 bits per heavy atom. The monoisotopic (exact) mass is 218 g/mol. The van der Waals surface area contributed by atoms with Crippen molar-refractivity contribution in [1.82, 2.24) is 0 Å². The van der Waals surface area contributed by atoms with Crippen molar-refractivity contribution in [3.8, 4) is 0 Å². The average molecular weight is 219 g/mol. The highest BCUT2D eigenvalue weighted by Crippen LogP contribution is 2.23. The van der Waals surface area contributed by atoms with E-state index in [4.69, 9.17) is 5.11 Å². The number of hydrogen-bond acceptors (Lipinski definition) is 1. The van der Waals surface area contributed by atoms with E-state index in [2.05, 4.69) is 15.9 Å². The van der Waals surface area contributed by atoms with Gasteiger partial charge in [-0.3, -0.25) is 0 Å². The molecule has 60 valence electrons. The average Bonchev–Trinajstić information content (AvgIpc) is 1.85. The summed E-state index contributed by atoms with van der Waals surface area (Å²) < 4.78 is 13.1. The molecule has 0 spiro atoms. The first-order valence-corrected chi connectivity index (χ1v) is 4.03. The summed E-state index contributed by atoms with van der Waals surface area (Å²) in [5, 5.41) is 9.14. The fraction of sp³-hybridized carbons (Fsp3) is 0.250. The van der Waals surface area contributed by atoms with Gasteiger partial charge in [0.25, 0.3) is 0 Å². The van der Waals surface area contributed by atoms with E-state index in [1.807, 2.05) is 0 Å². The minimum absolute atomic E-state index is 0.304. The van der Waals surface area contributed by atoms with E-state index in [0.717, 1.165) is 0 Å². The Bertz CT molecular complexity index is 260. The maximum Gasteiger partial charge on any atom is 0.124 e. The second kappa shape index (κ2) is 3.32. The lowest BCUT2D eigenvalue weighted by Gasteiger charge is -2.06. The van der Waals surface area contributed by atoms with Gasteiger partial charge in [0.2, 0.25) is 0 Å². The predicted octanol–water partition coefficient (Wildman–Crippen LogP) is 2.64. The highest BCUT2D eigenvalue weighted by Gasteiger charge is 2.05. The predicted molar refractivity (Wildman–Crippen MR) is 44.7 cm³/mol. The molecule has 1 nitrogen and oxygen atoms in total. The van der Waals surface area contributed by atoms with Gasteiger partial charge in [0.15, 0.2) is 0 Å². The molecule has 0 aliphatic heterocycles. The number of aliphatic hydroxyl groups is 1. The zero-order valence-corrected chi connectivity index (χ0v) is 7.60. The Kier molecular flexibility index (Phi) is 2.62. The van der Waals surface area contributed by atoms with E-state index in [1.54, 1.807) is 13.0 Å². The lowest BCUT2D eigenvalue weighted by Crippen LogP contribution is -1.92. The molecule has 11 heavy (non-hydrogen) atoms. The number of rotatable bonds is 1. The quantitative estimate of drug-likeness (QED) is 0.769. The molecular formula is C8H8BrFO. The lowest BCUT2D eigenvalue weighted by molar-refractivity contribution is 0.198. The Hall–Kier alpha value is -0.410. The SMILES string of the molecule is C[C@@H](O)c1ccc(F)cc1Br. The van der Waals surface area contributed by atoms with Gasteiger partial charge in [-0.2, -0.15) is 0 Å². The van der Waals surface area contributed by atoms with Gasteiger partial charge in [-0.25, -0.2) is 4.39 Å². The molecule has 0 amide bonds. The third-order valence-corrected chi connectivity index (χ3v) is 2.10. The van der Waals surface area contributed by atoms with Crippen molar-refractivity contribution >= 4 is 15.9 Å². The fourth-order valence-corrected chi connectivity index (χ4v) is 1.52. The minimum Gasteiger partial charge on any atom is -0.389 e. The molecule has 1 atom stereocenters. The maximum absolute atomic E-state index is 12.5. The summed E-state index contributed by atoms with van der Waals surface area (Å²) in [5.41, 5.74) is 0.700. The van der Waals surface area contributed by atoms with Gasteiger partial charge in [0, 0.05) is 4.47 Å². The van der Waals surface area contributed by atoms with Crippen LogP contribution in [-0.4, -0.2) is 5.11 Å². The topological polar surface area (TPSA) is 20.2 Å². The number of halogens is 2. The second-order valence-electron chi connectivity index (χ2n) is 2.34. The van der Waals surface area contributed by atoms with Gasteiger partial charge in [-0.15, -0.1) is 0 Å². The van der Waals surface area contributed by atoms with Crippen LogP contribution in [0.5, 0.6) is 0 Å². The second-order valence-corrected chi connectivity index (χ2v) is 3.20. The van der Waals surface area contributed by atoms with Gasteiger partial charge in [-0.1, -0.05) is 22.0 Å². The largest absolute Gasteiger partial charge is 0.389 e. The molecule has 0 heterocycles. The standard InChI is InChI=1S/C8H8BrFO/c1-5(11)7-3-2-6(10)4-8(7)9/h2-5,11H,1H3/t5-/m1/s1.